The summed E-state index contributed by atoms with van der Waals surface area (Å²) in [5.74, 6) is 0.504. The number of carbonyl (C=O) groups excluding carboxylic acids is 1. The molecule has 1 unspecified atom stereocenters. The Hall–Kier alpha value is -3.37. The first-order chi connectivity index (χ1) is 12.3. The first-order valence-electron chi connectivity index (χ1n) is 8.06. The third-order valence-corrected chi connectivity index (χ3v) is 4.45. The zero-order valence-corrected chi connectivity index (χ0v) is 13.6. The van der Waals surface area contributed by atoms with Crippen LogP contribution in [0.4, 0.5) is 0 Å². The topological polar surface area (TPSA) is 73.9 Å². The fourth-order valence-electron chi connectivity index (χ4n) is 3.26. The van der Waals surface area contributed by atoms with Crippen LogP contribution in [0.3, 0.4) is 0 Å². The summed E-state index contributed by atoms with van der Waals surface area (Å²) in [7, 11) is 0. The van der Waals surface area contributed by atoms with Crippen molar-refractivity contribution in [1.82, 2.24) is 0 Å². The molecule has 0 aromatic heterocycles. The van der Waals surface area contributed by atoms with Crippen LogP contribution < -0.4 is 4.74 Å². The van der Waals surface area contributed by atoms with Crippen molar-refractivity contribution in [2.24, 2.45) is 0 Å². The van der Waals surface area contributed by atoms with E-state index in [0.717, 1.165) is 17.4 Å². The lowest BCUT2D eigenvalue weighted by Gasteiger charge is -2.33. The van der Waals surface area contributed by atoms with Gasteiger partial charge in [0.05, 0.1) is 0 Å². The van der Waals surface area contributed by atoms with E-state index in [1.165, 1.54) is 0 Å². The van der Waals surface area contributed by atoms with E-state index in [4.69, 9.17) is 4.74 Å². The van der Waals surface area contributed by atoms with E-state index in [1.54, 1.807) is 0 Å². The van der Waals surface area contributed by atoms with E-state index in [1.807, 2.05) is 66.7 Å². The molecule has 2 aromatic rings. The van der Waals surface area contributed by atoms with Gasteiger partial charge in [-0.15, -0.1) is 0 Å². The Bertz CT molecular complexity index is 872. The molecular formula is C21H16N2O2. The summed E-state index contributed by atoms with van der Waals surface area (Å²) in [5.41, 5.74) is 2.56. The number of carbonyl (C=O) groups is 1. The standard InChI is InChI=1S/C21H16N2O2/c22-13-16(14-23)19-12-21(25-20-9-5-4-8-18(19)20)17(10-11-24)15-6-2-1-3-7-15/h1-9,11,17,21H,10,12H2/t17-,21?/m1/s1. The number of fused-ring (bicyclic) bond motifs is 1. The molecule has 0 bridgehead atoms. The van der Waals surface area contributed by atoms with Crippen LogP contribution in [-0.2, 0) is 4.79 Å². The van der Waals surface area contributed by atoms with Gasteiger partial charge in [0.15, 0.2) is 0 Å². The molecule has 0 aliphatic carbocycles. The van der Waals surface area contributed by atoms with Crippen LogP contribution in [0.25, 0.3) is 5.57 Å². The number of benzene rings is 2. The maximum atomic E-state index is 11.2. The van der Waals surface area contributed by atoms with Gasteiger partial charge in [0.25, 0.3) is 0 Å². The second-order valence-corrected chi connectivity index (χ2v) is 5.85. The van der Waals surface area contributed by atoms with Crippen LogP contribution in [0.5, 0.6) is 5.75 Å². The third-order valence-electron chi connectivity index (χ3n) is 4.45. The summed E-state index contributed by atoms with van der Waals surface area (Å²) in [6.07, 6.45) is 1.31. The van der Waals surface area contributed by atoms with Gasteiger partial charge in [0.1, 0.15) is 35.9 Å². The highest BCUT2D eigenvalue weighted by Crippen LogP contribution is 2.41. The molecule has 122 valence electrons. The van der Waals surface area contributed by atoms with Crippen molar-refractivity contribution >= 4 is 11.9 Å². The van der Waals surface area contributed by atoms with Gasteiger partial charge < -0.3 is 9.53 Å². The van der Waals surface area contributed by atoms with E-state index >= 15 is 0 Å². The van der Waals surface area contributed by atoms with Gasteiger partial charge in [-0.05, 0) is 17.2 Å². The highest BCUT2D eigenvalue weighted by atomic mass is 16.5. The third kappa shape index (κ3) is 3.29. The predicted octanol–water partition coefficient (Wildman–Crippen LogP) is 4.01. The number of hydrogen-bond donors (Lipinski definition) is 0. The van der Waals surface area contributed by atoms with Crippen molar-refractivity contribution in [2.75, 3.05) is 0 Å². The molecule has 0 saturated heterocycles. The quantitative estimate of drug-likeness (QED) is 0.628. The Morgan fingerprint density at radius 3 is 2.48 bits per heavy atom. The lowest BCUT2D eigenvalue weighted by Crippen LogP contribution is -2.30. The minimum atomic E-state index is -0.311. The monoisotopic (exact) mass is 328 g/mol. The van der Waals surface area contributed by atoms with Gasteiger partial charge in [-0.2, -0.15) is 10.5 Å². The smallest absolute Gasteiger partial charge is 0.133 e. The van der Waals surface area contributed by atoms with Crippen molar-refractivity contribution in [3.05, 3.63) is 71.3 Å². The second kappa shape index (κ2) is 7.47. The van der Waals surface area contributed by atoms with E-state index < -0.39 is 0 Å². The van der Waals surface area contributed by atoms with Crippen molar-refractivity contribution in [1.29, 1.82) is 10.5 Å². The molecule has 1 aliphatic rings. The van der Waals surface area contributed by atoms with Gasteiger partial charge in [-0.1, -0.05) is 48.5 Å². The van der Waals surface area contributed by atoms with Gasteiger partial charge >= 0.3 is 0 Å². The number of rotatable bonds is 4. The summed E-state index contributed by atoms with van der Waals surface area (Å²) in [5, 5.41) is 18.6. The molecule has 1 aliphatic heterocycles. The minimum Gasteiger partial charge on any atom is -0.489 e. The van der Waals surface area contributed by atoms with Gasteiger partial charge in [0, 0.05) is 24.3 Å². The molecular weight excluding hydrogens is 312 g/mol. The van der Waals surface area contributed by atoms with Crippen molar-refractivity contribution < 1.29 is 9.53 Å². The number of allylic oxidation sites excluding steroid dienone is 1. The molecule has 0 saturated carbocycles. The van der Waals surface area contributed by atoms with Crippen molar-refractivity contribution in [2.45, 2.75) is 24.9 Å². The molecule has 4 nitrogen and oxygen atoms in total. The fourth-order valence-corrected chi connectivity index (χ4v) is 3.26. The summed E-state index contributed by atoms with van der Waals surface area (Å²) in [6, 6.07) is 21.1. The average molecular weight is 328 g/mol. The lowest BCUT2D eigenvalue weighted by atomic mass is 9.83. The molecule has 25 heavy (non-hydrogen) atoms. The van der Waals surface area contributed by atoms with Gasteiger partial charge in [-0.25, -0.2) is 0 Å². The number of para-hydroxylation sites is 1. The summed E-state index contributed by atoms with van der Waals surface area (Å²) in [6.45, 7) is 0. The number of nitrogens with zero attached hydrogens (tertiary/aromatic N) is 2. The van der Waals surface area contributed by atoms with Crippen molar-refractivity contribution in [3.8, 4) is 17.9 Å². The average Bonchev–Trinajstić information content (AvgIpc) is 2.67. The van der Waals surface area contributed by atoms with Gasteiger partial charge in [-0.3, -0.25) is 0 Å². The molecule has 1 heterocycles. The Morgan fingerprint density at radius 1 is 1.12 bits per heavy atom. The zero-order chi connectivity index (χ0) is 17.6. The molecule has 2 atom stereocenters. The van der Waals surface area contributed by atoms with Crippen LogP contribution in [0, 0.1) is 22.7 Å². The first-order valence-corrected chi connectivity index (χ1v) is 8.06. The highest BCUT2D eigenvalue weighted by molar-refractivity contribution is 5.80. The van der Waals surface area contributed by atoms with Crippen LogP contribution in [-0.4, -0.2) is 12.4 Å². The number of aldehydes is 1. The first kappa shape index (κ1) is 16.5. The minimum absolute atomic E-state index is 0.0960. The predicted molar refractivity (Wildman–Crippen MR) is 93.5 cm³/mol. The van der Waals surface area contributed by atoms with Crippen LogP contribution in [0.15, 0.2) is 60.2 Å². The Kier molecular flexibility index (Phi) is 4.92. The molecule has 3 rings (SSSR count). The highest BCUT2D eigenvalue weighted by Gasteiger charge is 2.32. The summed E-state index contributed by atoms with van der Waals surface area (Å²) in [4.78, 5) is 11.2. The second-order valence-electron chi connectivity index (χ2n) is 5.85. The summed E-state index contributed by atoms with van der Waals surface area (Å²) >= 11 is 0. The normalized spacial score (nSPS) is 16.6. The molecule has 0 spiro atoms. The SMILES string of the molecule is N#CC(C#N)=C1CC([C@H](CC=O)c2ccccc2)Oc2ccccc21. The van der Waals surface area contributed by atoms with Crippen molar-refractivity contribution in [3.63, 3.8) is 0 Å². The number of ether oxygens (including phenoxy) is 1. The summed E-state index contributed by atoms with van der Waals surface area (Å²) < 4.78 is 6.16. The largest absolute Gasteiger partial charge is 0.489 e. The molecule has 0 amide bonds. The molecule has 0 radical (unpaired) electrons. The lowest BCUT2D eigenvalue weighted by molar-refractivity contribution is -0.108. The maximum absolute atomic E-state index is 11.2. The van der Waals surface area contributed by atoms with E-state index in [2.05, 4.69) is 0 Å². The van der Waals surface area contributed by atoms with Crippen LogP contribution in [0.2, 0.25) is 0 Å². The van der Waals surface area contributed by atoms with E-state index in [-0.39, 0.29) is 17.6 Å². The van der Waals surface area contributed by atoms with Crippen LogP contribution >= 0.6 is 0 Å². The van der Waals surface area contributed by atoms with Crippen LogP contribution in [0.1, 0.15) is 29.9 Å². The molecule has 2 aromatic carbocycles. The molecule has 4 heteroatoms. The fraction of sp³-hybridized carbons (Fsp3) is 0.190. The Balaban J connectivity index is 2.07. The molecule has 0 N–H and O–H groups in total. The van der Waals surface area contributed by atoms with E-state index in [9.17, 15) is 15.3 Å². The Labute approximate surface area is 146 Å². The number of nitriles is 2. The Morgan fingerprint density at radius 2 is 1.80 bits per heavy atom. The van der Waals surface area contributed by atoms with E-state index in [0.29, 0.717) is 24.2 Å². The molecule has 0 fully saturated rings. The maximum Gasteiger partial charge on any atom is 0.133 e. The number of hydrogen-bond acceptors (Lipinski definition) is 4. The van der Waals surface area contributed by atoms with Gasteiger partial charge in [0.2, 0.25) is 0 Å². The zero-order valence-electron chi connectivity index (χ0n) is 13.6.